The number of carbonyl (C=O) groups excluding carboxylic acids is 2. The van der Waals surface area contributed by atoms with Crippen LogP contribution in [0.4, 0.5) is 0 Å². The second kappa shape index (κ2) is 10.7. The summed E-state index contributed by atoms with van der Waals surface area (Å²) in [7, 11) is 2.03. The van der Waals surface area contributed by atoms with Crippen LogP contribution in [-0.4, -0.2) is 30.1 Å². The molecule has 2 aliphatic carbocycles. The Kier molecular flexibility index (Phi) is 7.73. The molecule has 2 aromatic rings. The van der Waals surface area contributed by atoms with Crippen molar-refractivity contribution in [2.75, 3.05) is 13.7 Å². The van der Waals surface area contributed by atoms with E-state index in [0.717, 1.165) is 46.5 Å². The van der Waals surface area contributed by atoms with Gasteiger partial charge in [0.1, 0.15) is 6.61 Å². The fourth-order valence-electron chi connectivity index (χ4n) is 6.42. The van der Waals surface area contributed by atoms with Gasteiger partial charge in [0.25, 0.3) is 0 Å². The van der Waals surface area contributed by atoms with Crippen LogP contribution < -0.4 is 9.47 Å². The summed E-state index contributed by atoms with van der Waals surface area (Å²) in [4.78, 5) is 29.8. The van der Waals surface area contributed by atoms with Gasteiger partial charge in [0.05, 0.1) is 11.1 Å². The molecule has 0 radical (unpaired) electrons. The largest absolute Gasteiger partial charge is 0.490 e. The molecule has 212 valence electrons. The van der Waals surface area contributed by atoms with E-state index >= 15 is 0 Å². The van der Waals surface area contributed by atoms with E-state index in [1.54, 1.807) is 0 Å². The zero-order valence-corrected chi connectivity index (χ0v) is 26.5. The van der Waals surface area contributed by atoms with Crippen molar-refractivity contribution in [3.63, 3.8) is 0 Å². The van der Waals surface area contributed by atoms with Gasteiger partial charge in [-0.15, -0.1) is 0 Å². The fraction of sp³-hybridized carbons (Fsp3) is 0.455. The first kappa shape index (κ1) is 28.9. The monoisotopic (exact) mass is 625 g/mol. The summed E-state index contributed by atoms with van der Waals surface area (Å²) in [6.45, 7) is 11.2. The molecule has 0 N–H and O–H groups in total. The lowest BCUT2D eigenvalue weighted by Gasteiger charge is -2.48. The maximum absolute atomic E-state index is 13.8. The lowest BCUT2D eigenvalue weighted by molar-refractivity contribution is -0.119. The third-order valence-electron chi connectivity index (χ3n) is 8.17. The lowest BCUT2D eigenvalue weighted by atomic mass is 9.64. The van der Waals surface area contributed by atoms with E-state index in [9.17, 15) is 9.59 Å². The maximum Gasteiger partial charge on any atom is 0.175 e. The Balaban J connectivity index is 1.65. The van der Waals surface area contributed by atoms with Gasteiger partial charge in [-0.1, -0.05) is 57.5 Å². The molecule has 1 heterocycles. The number of nitrogens with zero attached hydrogens (tertiary/aromatic N) is 1. The number of allylic oxidation sites excluding steroid dienone is 4. The molecule has 0 aromatic heterocycles. The van der Waals surface area contributed by atoms with Gasteiger partial charge < -0.3 is 14.4 Å². The molecule has 0 bridgehead atoms. The Bertz CT molecular complexity index is 1400. The summed E-state index contributed by atoms with van der Waals surface area (Å²) in [5.41, 5.74) is 4.98. The number of ketones is 2. The second-order valence-electron chi connectivity index (χ2n) is 12.7. The maximum atomic E-state index is 13.8. The number of hydrogen-bond donors (Lipinski definition) is 0. The minimum Gasteiger partial charge on any atom is -0.490 e. The van der Waals surface area contributed by atoms with Crippen LogP contribution in [0.2, 0.25) is 5.02 Å². The topological polar surface area (TPSA) is 55.8 Å². The second-order valence-corrected chi connectivity index (χ2v) is 14.0. The van der Waals surface area contributed by atoms with Crippen LogP contribution in [0, 0.1) is 10.8 Å². The first-order chi connectivity index (χ1) is 18.8. The summed E-state index contributed by atoms with van der Waals surface area (Å²) in [6.07, 6.45) is 2.48. The minimum atomic E-state index is -0.443. The van der Waals surface area contributed by atoms with Crippen LogP contribution in [0.3, 0.4) is 0 Å². The molecule has 0 saturated carbocycles. The smallest absolute Gasteiger partial charge is 0.175 e. The van der Waals surface area contributed by atoms with E-state index in [4.69, 9.17) is 21.1 Å². The molecule has 0 unspecified atom stereocenters. The number of ether oxygens (including phenoxy) is 2. The summed E-state index contributed by atoms with van der Waals surface area (Å²) in [6, 6.07) is 11.5. The highest BCUT2D eigenvalue weighted by molar-refractivity contribution is 9.10. The summed E-state index contributed by atoms with van der Waals surface area (Å²) in [5.74, 6) is 0.908. The van der Waals surface area contributed by atoms with Crippen LogP contribution in [-0.2, 0) is 16.2 Å². The molecule has 40 heavy (non-hydrogen) atoms. The standard InChI is InChI=1S/C33H37BrClNO4/c1-7-39-27-13-20(12-21(34)31(27)40-18-19-10-8-9-11-22(19)35)28-29-23(14-32(2,3)16-25(29)37)36(6)24-15-33(4,5)17-26(38)30(24)28/h8-13,28H,7,14-18H2,1-6H3. The number of rotatable bonds is 6. The highest BCUT2D eigenvalue weighted by atomic mass is 79.9. The van der Waals surface area contributed by atoms with Crippen molar-refractivity contribution in [2.45, 2.75) is 72.8 Å². The van der Waals surface area contributed by atoms with Gasteiger partial charge >= 0.3 is 0 Å². The van der Waals surface area contributed by atoms with Crippen LogP contribution >= 0.6 is 27.5 Å². The van der Waals surface area contributed by atoms with Crippen molar-refractivity contribution in [3.8, 4) is 11.5 Å². The normalized spacial score (nSPS) is 20.4. The lowest BCUT2D eigenvalue weighted by Crippen LogP contribution is -2.43. The van der Waals surface area contributed by atoms with Crippen molar-refractivity contribution in [3.05, 3.63) is 79.6 Å². The molecule has 0 amide bonds. The SMILES string of the molecule is CCOc1cc(C2C3=C(CC(C)(C)CC3=O)N(C)C3=C2C(=O)CC(C)(C)C3)cc(Br)c1OCc1ccccc1Cl. The molecular weight excluding hydrogens is 590 g/mol. The summed E-state index contributed by atoms with van der Waals surface area (Å²) in [5, 5.41) is 0.635. The number of benzene rings is 2. The molecule has 0 fully saturated rings. The van der Waals surface area contributed by atoms with Crippen LogP contribution in [0.15, 0.2) is 63.4 Å². The van der Waals surface area contributed by atoms with Crippen molar-refractivity contribution < 1.29 is 19.1 Å². The van der Waals surface area contributed by atoms with Gasteiger partial charge in [0.15, 0.2) is 23.1 Å². The van der Waals surface area contributed by atoms with Gasteiger partial charge in [-0.3, -0.25) is 9.59 Å². The van der Waals surface area contributed by atoms with Gasteiger partial charge in [0.2, 0.25) is 0 Å². The van der Waals surface area contributed by atoms with Gasteiger partial charge in [0, 0.05) is 58.9 Å². The summed E-state index contributed by atoms with van der Waals surface area (Å²) < 4.78 is 13.0. The Hall–Kier alpha value is -2.57. The molecule has 5 nitrogen and oxygen atoms in total. The van der Waals surface area contributed by atoms with Crippen LogP contribution in [0.1, 0.15) is 77.3 Å². The molecule has 2 aromatic carbocycles. The predicted molar refractivity (Wildman–Crippen MR) is 162 cm³/mol. The van der Waals surface area contributed by atoms with Crippen LogP contribution in [0.5, 0.6) is 11.5 Å². The highest BCUT2D eigenvalue weighted by Crippen LogP contribution is 2.55. The molecule has 0 spiro atoms. The Morgan fingerprint density at radius 3 is 2.05 bits per heavy atom. The zero-order valence-electron chi connectivity index (χ0n) is 24.1. The number of carbonyl (C=O) groups is 2. The van der Waals surface area contributed by atoms with Crippen molar-refractivity contribution in [1.29, 1.82) is 0 Å². The molecule has 3 aliphatic rings. The quantitative estimate of drug-likeness (QED) is 0.322. The fourth-order valence-corrected chi connectivity index (χ4v) is 7.19. The molecular formula is C33H37BrClNO4. The Morgan fingerprint density at radius 1 is 0.925 bits per heavy atom. The molecule has 1 aliphatic heterocycles. The number of hydrogen-bond acceptors (Lipinski definition) is 5. The van der Waals surface area contributed by atoms with Gasteiger partial charge in [-0.05, 0) is 70.3 Å². The third kappa shape index (κ3) is 5.37. The highest BCUT2D eigenvalue weighted by Gasteiger charge is 2.48. The van der Waals surface area contributed by atoms with Crippen LogP contribution in [0.25, 0.3) is 0 Å². The van der Waals surface area contributed by atoms with E-state index in [-0.39, 0.29) is 29.0 Å². The van der Waals surface area contributed by atoms with E-state index in [0.29, 0.717) is 40.4 Å². The van der Waals surface area contributed by atoms with Gasteiger partial charge in [-0.2, -0.15) is 0 Å². The average molecular weight is 627 g/mol. The first-order valence-electron chi connectivity index (χ1n) is 13.9. The third-order valence-corrected chi connectivity index (χ3v) is 9.13. The average Bonchev–Trinajstić information content (AvgIpc) is 2.84. The molecule has 7 heteroatoms. The molecule has 0 saturated heterocycles. The number of Topliss-reactive ketones (excluding diaryl/α,β-unsaturated/α-hetero) is 2. The zero-order chi connectivity index (χ0) is 29.0. The first-order valence-corrected chi connectivity index (χ1v) is 15.1. The Morgan fingerprint density at radius 2 is 1.50 bits per heavy atom. The molecule has 5 rings (SSSR count). The number of halogens is 2. The summed E-state index contributed by atoms with van der Waals surface area (Å²) >= 11 is 10.1. The van der Waals surface area contributed by atoms with Crippen molar-refractivity contribution >= 4 is 39.1 Å². The molecule has 0 atom stereocenters. The Labute approximate surface area is 250 Å². The minimum absolute atomic E-state index is 0.111. The van der Waals surface area contributed by atoms with Crippen molar-refractivity contribution in [1.82, 2.24) is 4.90 Å². The van der Waals surface area contributed by atoms with E-state index in [1.807, 2.05) is 50.4 Å². The van der Waals surface area contributed by atoms with E-state index < -0.39 is 5.92 Å². The van der Waals surface area contributed by atoms with E-state index in [1.165, 1.54) is 0 Å². The van der Waals surface area contributed by atoms with Gasteiger partial charge in [-0.25, -0.2) is 0 Å². The predicted octanol–water partition coefficient (Wildman–Crippen LogP) is 8.40. The van der Waals surface area contributed by atoms with E-state index in [2.05, 4.69) is 48.5 Å². The van der Waals surface area contributed by atoms with Crippen molar-refractivity contribution in [2.24, 2.45) is 10.8 Å².